The van der Waals surface area contributed by atoms with E-state index in [2.05, 4.69) is 10.6 Å². The van der Waals surface area contributed by atoms with Gasteiger partial charge in [-0.05, 0) is 42.8 Å². The molecule has 0 aliphatic carbocycles. The smallest absolute Gasteiger partial charge is 0.257 e. The zero-order valence-corrected chi connectivity index (χ0v) is 18.4. The number of aliphatic hydroxyl groups is 1. The molecule has 0 aromatic heterocycles. The summed E-state index contributed by atoms with van der Waals surface area (Å²) in [6, 6.07) is 11.0. The van der Waals surface area contributed by atoms with Gasteiger partial charge >= 0.3 is 0 Å². The van der Waals surface area contributed by atoms with E-state index in [0.717, 1.165) is 11.8 Å². The predicted octanol–water partition coefficient (Wildman–Crippen LogP) is 2.63. The van der Waals surface area contributed by atoms with Crippen molar-refractivity contribution in [1.29, 1.82) is 0 Å². The first kappa shape index (κ1) is 24.7. The number of likely N-dealkylation sites (N-methyl/N-ethyl adjacent to an activating group) is 1. The van der Waals surface area contributed by atoms with Gasteiger partial charge in [-0.25, -0.2) is 4.39 Å². The summed E-state index contributed by atoms with van der Waals surface area (Å²) >= 11 is 11.4. The van der Waals surface area contributed by atoms with Crippen LogP contribution in [0.25, 0.3) is 0 Å². The molecule has 2 amide bonds. The van der Waals surface area contributed by atoms with E-state index in [1.165, 1.54) is 12.1 Å². The van der Waals surface area contributed by atoms with E-state index < -0.39 is 17.8 Å². The van der Waals surface area contributed by atoms with E-state index in [1.54, 1.807) is 36.2 Å². The van der Waals surface area contributed by atoms with Gasteiger partial charge in [-0.2, -0.15) is 0 Å². The maximum absolute atomic E-state index is 13.3. The number of hydrogen-bond donors (Lipinski definition) is 3. The molecule has 2 aromatic carbocycles. The van der Waals surface area contributed by atoms with E-state index in [1.807, 2.05) is 0 Å². The van der Waals surface area contributed by atoms with Crippen LogP contribution in [0.3, 0.4) is 0 Å². The van der Waals surface area contributed by atoms with Gasteiger partial charge in [0.05, 0.1) is 17.7 Å². The summed E-state index contributed by atoms with van der Waals surface area (Å²) < 4.78 is 18.5. The number of anilines is 1. The van der Waals surface area contributed by atoms with Gasteiger partial charge < -0.3 is 25.4 Å². The Morgan fingerprint density at radius 3 is 2.52 bits per heavy atom. The highest BCUT2D eigenvalue weighted by Crippen LogP contribution is 2.20. The number of carbonyl (C=O) groups is 2. The van der Waals surface area contributed by atoms with E-state index in [9.17, 15) is 19.1 Å². The summed E-state index contributed by atoms with van der Waals surface area (Å²) in [6.45, 7) is 0.0707. The van der Waals surface area contributed by atoms with Gasteiger partial charge in [0, 0.05) is 36.9 Å². The fourth-order valence-corrected chi connectivity index (χ4v) is 2.78. The van der Waals surface area contributed by atoms with Gasteiger partial charge in [-0.15, -0.1) is 0 Å². The molecule has 1 atom stereocenters. The van der Waals surface area contributed by atoms with Crippen LogP contribution in [-0.4, -0.2) is 56.3 Å². The first-order valence-electron chi connectivity index (χ1n) is 9.50. The lowest BCUT2D eigenvalue weighted by Crippen LogP contribution is -2.40. The third-order valence-electron chi connectivity index (χ3n) is 4.24. The molecule has 0 aliphatic rings. The highest BCUT2D eigenvalue weighted by Gasteiger charge is 2.11. The normalized spacial score (nSPS) is 11.5. The number of amides is 2. The van der Waals surface area contributed by atoms with Crippen molar-refractivity contribution in [3.63, 3.8) is 0 Å². The van der Waals surface area contributed by atoms with Gasteiger partial charge in [0.15, 0.2) is 6.61 Å². The molecule has 0 fully saturated rings. The van der Waals surface area contributed by atoms with Crippen LogP contribution in [0.15, 0.2) is 42.5 Å². The average Bonchev–Trinajstić information content (AvgIpc) is 2.73. The monoisotopic (exact) mass is 471 g/mol. The van der Waals surface area contributed by atoms with Gasteiger partial charge in [0.2, 0.25) is 5.91 Å². The minimum atomic E-state index is -0.823. The van der Waals surface area contributed by atoms with Crippen molar-refractivity contribution in [2.45, 2.75) is 12.5 Å². The maximum Gasteiger partial charge on any atom is 0.257 e. The molecule has 31 heavy (non-hydrogen) atoms. The first-order chi connectivity index (χ1) is 14.7. The van der Waals surface area contributed by atoms with E-state index >= 15 is 0 Å². The molecule has 0 saturated carbocycles. The number of aliphatic hydroxyl groups excluding tert-OH is 1. The standard InChI is InChI=1S/C21H24Cl2FN3O4/c1-27(15-4-2-14(22)3-5-15)12-20(29)26-11-16(28)8-9-25-21(30)13-31-17-6-7-18(23)19(24)10-17/h2-7,10,16,28H,8-9,11-13H2,1H3,(H,25,30)(H,26,29)/t16-/m0/s1. The Morgan fingerprint density at radius 1 is 1.13 bits per heavy atom. The number of carbonyl (C=O) groups excluding carboxylic acids is 2. The second-order valence-electron chi connectivity index (χ2n) is 6.79. The van der Waals surface area contributed by atoms with Crippen molar-refractivity contribution >= 4 is 40.7 Å². The second-order valence-corrected chi connectivity index (χ2v) is 7.64. The molecule has 168 valence electrons. The predicted molar refractivity (Wildman–Crippen MR) is 118 cm³/mol. The topological polar surface area (TPSA) is 90.9 Å². The minimum Gasteiger partial charge on any atom is -0.484 e. The lowest BCUT2D eigenvalue weighted by atomic mass is 10.2. The number of nitrogens with one attached hydrogen (secondary N) is 2. The van der Waals surface area contributed by atoms with Gasteiger partial charge in [0.1, 0.15) is 11.6 Å². The summed E-state index contributed by atoms with van der Waals surface area (Å²) in [5.41, 5.74) is 0.839. The SMILES string of the molecule is CN(CC(=O)NC[C@@H](O)CCNC(=O)COc1ccc(Cl)c(F)c1)c1ccc(Cl)cc1. The van der Waals surface area contributed by atoms with Crippen LogP contribution in [0.4, 0.5) is 10.1 Å². The molecule has 10 heteroatoms. The number of rotatable bonds is 11. The third-order valence-corrected chi connectivity index (χ3v) is 4.80. The van der Waals surface area contributed by atoms with Crippen molar-refractivity contribution in [1.82, 2.24) is 10.6 Å². The van der Waals surface area contributed by atoms with Gasteiger partial charge in [-0.3, -0.25) is 9.59 Å². The molecule has 0 aliphatic heterocycles. The van der Waals surface area contributed by atoms with Crippen molar-refractivity contribution in [3.05, 3.63) is 58.3 Å². The highest BCUT2D eigenvalue weighted by atomic mass is 35.5. The Labute approximate surface area is 190 Å². The molecule has 0 bridgehead atoms. The Balaban J connectivity index is 1.59. The molecular weight excluding hydrogens is 448 g/mol. The van der Waals surface area contributed by atoms with Gasteiger partial charge in [-0.1, -0.05) is 23.2 Å². The van der Waals surface area contributed by atoms with Crippen LogP contribution < -0.4 is 20.3 Å². The summed E-state index contributed by atoms with van der Waals surface area (Å²) in [7, 11) is 1.77. The molecule has 2 aromatic rings. The molecular formula is C21H24Cl2FN3O4. The zero-order valence-electron chi connectivity index (χ0n) is 16.9. The largest absolute Gasteiger partial charge is 0.484 e. The quantitative estimate of drug-likeness (QED) is 0.468. The first-order valence-corrected chi connectivity index (χ1v) is 10.3. The molecule has 2 rings (SSSR count). The van der Waals surface area contributed by atoms with Crippen LogP contribution in [0, 0.1) is 5.82 Å². The lowest BCUT2D eigenvalue weighted by Gasteiger charge is -2.19. The van der Waals surface area contributed by atoms with Crippen LogP contribution in [0.5, 0.6) is 5.75 Å². The Morgan fingerprint density at radius 2 is 1.84 bits per heavy atom. The highest BCUT2D eigenvalue weighted by molar-refractivity contribution is 6.31. The number of benzene rings is 2. The van der Waals surface area contributed by atoms with E-state index in [4.69, 9.17) is 27.9 Å². The Kier molecular flexibility index (Phi) is 9.84. The van der Waals surface area contributed by atoms with Crippen molar-refractivity contribution in [3.8, 4) is 5.75 Å². The molecule has 0 saturated heterocycles. The van der Waals surface area contributed by atoms with Gasteiger partial charge in [0.25, 0.3) is 5.91 Å². The van der Waals surface area contributed by atoms with E-state index in [0.29, 0.717) is 5.02 Å². The van der Waals surface area contributed by atoms with E-state index in [-0.39, 0.29) is 49.3 Å². The lowest BCUT2D eigenvalue weighted by molar-refractivity contribution is -0.123. The minimum absolute atomic E-state index is 0.0329. The number of ether oxygens (including phenoxy) is 1. The van der Waals surface area contributed by atoms with Crippen LogP contribution >= 0.6 is 23.2 Å². The fraction of sp³-hybridized carbons (Fsp3) is 0.333. The summed E-state index contributed by atoms with van der Waals surface area (Å²) in [5.74, 6) is -1.12. The summed E-state index contributed by atoms with van der Waals surface area (Å²) in [6.07, 6.45) is -0.578. The molecule has 0 heterocycles. The molecule has 0 spiro atoms. The summed E-state index contributed by atoms with van der Waals surface area (Å²) in [4.78, 5) is 25.6. The van der Waals surface area contributed by atoms with Crippen molar-refractivity contribution < 1.29 is 23.8 Å². The number of halogens is 3. The Bertz CT molecular complexity index is 883. The Hall–Kier alpha value is -2.55. The second kappa shape index (κ2) is 12.3. The average molecular weight is 472 g/mol. The van der Waals surface area contributed by atoms with Crippen molar-refractivity contribution in [2.75, 3.05) is 38.2 Å². The number of hydrogen-bond acceptors (Lipinski definition) is 5. The molecule has 3 N–H and O–H groups in total. The van der Waals surface area contributed by atoms with Crippen LogP contribution in [0.2, 0.25) is 10.0 Å². The fourth-order valence-electron chi connectivity index (χ4n) is 2.54. The molecule has 7 nitrogen and oxygen atoms in total. The zero-order chi connectivity index (χ0) is 22.8. The molecule has 0 radical (unpaired) electrons. The maximum atomic E-state index is 13.3. The molecule has 0 unspecified atom stereocenters. The third kappa shape index (κ3) is 9.00. The van der Waals surface area contributed by atoms with Crippen LogP contribution in [0.1, 0.15) is 6.42 Å². The van der Waals surface area contributed by atoms with Crippen molar-refractivity contribution in [2.24, 2.45) is 0 Å². The van der Waals surface area contributed by atoms with Crippen LogP contribution in [-0.2, 0) is 9.59 Å². The number of nitrogens with zero attached hydrogens (tertiary/aromatic N) is 1. The summed E-state index contributed by atoms with van der Waals surface area (Å²) in [5, 5.41) is 15.8.